The second-order valence-corrected chi connectivity index (χ2v) is 11.8. The molecule has 0 bridgehead atoms. The molecule has 0 amide bonds. The lowest BCUT2D eigenvalue weighted by molar-refractivity contribution is -0.164. The summed E-state index contributed by atoms with van der Waals surface area (Å²) in [6, 6.07) is -0.859. The van der Waals surface area contributed by atoms with Gasteiger partial charge in [0.25, 0.3) is 0 Å². The Hall–Kier alpha value is -1.43. The lowest BCUT2D eigenvalue weighted by atomic mass is 9.44. The zero-order chi connectivity index (χ0) is 23.3. The van der Waals surface area contributed by atoms with E-state index in [1.807, 2.05) is 0 Å². The Morgan fingerprint density at radius 3 is 2.38 bits per heavy atom. The fourth-order valence-electron chi connectivity index (χ4n) is 8.64. The lowest BCUT2D eigenvalue weighted by Crippen LogP contribution is -2.54. The molecule has 180 valence electrons. The van der Waals surface area contributed by atoms with Crippen LogP contribution in [-0.4, -0.2) is 35.0 Å². The number of carboxylic acid groups (broad SMARTS) is 1. The number of hydrogen-bond acceptors (Lipinski definition) is 5. The second kappa shape index (κ2) is 8.73. The van der Waals surface area contributed by atoms with Crippen LogP contribution in [0.3, 0.4) is 0 Å². The van der Waals surface area contributed by atoms with E-state index in [1.54, 1.807) is 6.92 Å². The molecule has 32 heavy (non-hydrogen) atoms. The summed E-state index contributed by atoms with van der Waals surface area (Å²) in [5, 5.41) is 8.81. The number of aliphatic carboxylic acids is 1. The van der Waals surface area contributed by atoms with Gasteiger partial charge >= 0.3 is 11.9 Å². The molecule has 0 spiro atoms. The number of fused-ring (bicyclic) bond motifs is 5. The number of carbonyl (C=O) groups excluding carboxylic acids is 2. The first kappa shape index (κ1) is 23.7. The van der Waals surface area contributed by atoms with E-state index in [0.717, 1.165) is 31.6 Å². The van der Waals surface area contributed by atoms with Crippen LogP contribution in [0.4, 0.5) is 0 Å². The zero-order valence-electron chi connectivity index (χ0n) is 20.0. The smallest absolute Gasteiger partial charge is 0.323 e. The van der Waals surface area contributed by atoms with Crippen molar-refractivity contribution >= 4 is 17.7 Å². The maximum Gasteiger partial charge on any atom is 0.323 e. The highest BCUT2D eigenvalue weighted by Crippen LogP contribution is 2.67. The number of esters is 1. The summed E-state index contributed by atoms with van der Waals surface area (Å²) in [5.74, 6) is 1.90. The highest BCUT2D eigenvalue weighted by Gasteiger charge is 2.60. The summed E-state index contributed by atoms with van der Waals surface area (Å²) in [6.07, 6.45) is 9.81. The molecule has 4 rings (SSSR count). The summed E-state index contributed by atoms with van der Waals surface area (Å²) in [7, 11) is 0. The Bertz CT molecular complexity index is 767. The van der Waals surface area contributed by atoms with Crippen molar-refractivity contribution in [3.63, 3.8) is 0 Å². The summed E-state index contributed by atoms with van der Waals surface area (Å²) < 4.78 is 5.75. The Morgan fingerprint density at radius 1 is 1.00 bits per heavy atom. The van der Waals surface area contributed by atoms with E-state index in [4.69, 9.17) is 15.6 Å². The Morgan fingerprint density at radius 2 is 1.69 bits per heavy atom. The first-order valence-corrected chi connectivity index (χ1v) is 12.7. The number of Topliss-reactive ketones (excluding diaryl/α,β-unsaturated/α-hetero) is 1. The monoisotopic (exact) mass is 447 g/mol. The molecular weight excluding hydrogens is 406 g/mol. The van der Waals surface area contributed by atoms with Crippen molar-refractivity contribution in [2.75, 3.05) is 0 Å². The van der Waals surface area contributed by atoms with Crippen LogP contribution in [0.15, 0.2) is 0 Å². The molecule has 4 fully saturated rings. The van der Waals surface area contributed by atoms with Crippen molar-refractivity contribution < 1.29 is 24.2 Å². The topological polar surface area (TPSA) is 107 Å². The van der Waals surface area contributed by atoms with Crippen LogP contribution in [0.1, 0.15) is 91.4 Å². The normalized spacial score (nSPS) is 44.0. The van der Waals surface area contributed by atoms with Gasteiger partial charge in [-0.3, -0.25) is 14.4 Å². The van der Waals surface area contributed by atoms with Gasteiger partial charge in [-0.1, -0.05) is 13.8 Å². The van der Waals surface area contributed by atoms with E-state index in [1.165, 1.54) is 32.1 Å². The fourth-order valence-corrected chi connectivity index (χ4v) is 8.64. The van der Waals surface area contributed by atoms with Crippen molar-refractivity contribution in [1.82, 2.24) is 0 Å². The SMILES string of the molecule is CC(=O)[C@H]1CC[C@H]2[C@@H]3CCC4C[C@H](OC(=O)[C@@H](N)CCC(=O)O)CC[C@]4(C)[C@H]3CC[C@]12C. The van der Waals surface area contributed by atoms with Crippen molar-refractivity contribution in [3.8, 4) is 0 Å². The molecule has 0 heterocycles. The van der Waals surface area contributed by atoms with Crippen LogP contribution in [-0.2, 0) is 19.1 Å². The molecule has 0 aromatic carbocycles. The molecule has 4 saturated carbocycles. The second-order valence-electron chi connectivity index (χ2n) is 11.8. The molecule has 0 aliphatic heterocycles. The molecule has 4 aliphatic carbocycles. The average Bonchev–Trinajstić information content (AvgIpc) is 3.09. The minimum absolute atomic E-state index is 0.101. The van der Waals surface area contributed by atoms with Gasteiger partial charge in [-0.25, -0.2) is 0 Å². The summed E-state index contributed by atoms with van der Waals surface area (Å²) in [6.45, 7) is 6.66. The third kappa shape index (κ3) is 4.01. The van der Waals surface area contributed by atoms with Crippen molar-refractivity contribution in [1.29, 1.82) is 0 Å². The maximum atomic E-state index is 12.4. The number of hydrogen-bond donors (Lipinski definition) is 2. The largest absolute Gasteiger partial charge is 0.481 e. The van der Waals surface area contributed by atoms with E-state index < -0.39 is 18.0 Å². The Labute approximate surface area is 192 Å². The first-order valence-electron chi connectivity index (χ1n) is 12.7. The summed E-state index contributed by atoms with van der Waals surface area (Å²) >= 11 is 0. The van der Waals surface area contributed by atoms with Crippen LogP contribution in [0.2, 0.25) is 0 Å². The van der Waals surface area contributed by atoms with Gasteiger partial charge in [0.1, 0.15) is 17.9 Å². The van der Waals surface area contributed by atoms with Crippen LogP contribution in [0.5, 0.6) is 0 Å². The van der Waals surface area contributed by atoms with Gasteiger partial charge in [-0.05, 0) is 106 Å². The van der Waals surface area contributed by atoms with E-state index in [-0.39, 0.29) is 35.7 Å². The Balaban J connectivity index is 1.39. The summed E-state index contributed by atoms with van der Waals surface area (Å²) in [4.78, 5) is 35.4. The van der Waals surface area contributed by atoms with Gasteiger partial charge in [0.15, 0.2) is 0 Å². The maximum absolute atomic E-state index is 12.4. The number of ether oxygens (including phenoxy) is 1. The number of rotatable bonds is 6. The van der Waals surface area contributed by atoms with Gasteiger partial charge in [0.2, 0.25) is 0 Å². The number of nitrogens with two attached hydrogens (primary N) is 1. The molecule has 6 heteroatoms. The minimum Gasteiger partial charge on any atom is -0.481 e. The highest BCUT2D eigenvalue weighted by atomic mass is 16.5. The van der Waals surface area contributed by atoms with Gasteiger partial charge < -0.3 is 15.6 Å². The van der Waals surface area contributed by atoms with E-state index in [2.05, 4.69) is 13.8 Å². The molecule has 6 nitrogen and oxygen atoms in total. The predicted octanol–water partition coefficient (Wildman–Crippen LogP) is 4.34. The number of ketones is 1. The van der Waals surface area contributed by atoms with Gasteiger partial charge in [0, 0.05) is 12.3 Å². The predicted molar refractivity (Wildman–Crippen MR) is 121 cm³/mol. The van der Waals surface area contributed by atoms with Crippen molar-refractivity contribution in [3.05, 3.63) is 0 Å². The van der Waals surface area contributed by atoms with Crippen LogP contribution in [0, 0.1) is 40.4 Å². The lowest BCUT2D eigenvalue weighted by Gasteiger charge is -2.61. The minimum atomic E-state index is -0.945. The number of carboxylic acids is 1. The number of carbonyl (C=O) groups is 3. The van der Waals surface area contributed by atoms with E-state index >= 15 is 0 Å². The zero-order valence-corrected chi connectivity index (χ0v) is 20.0. The summed E-state index contributed by atoms with van der Waals surface area (Å²) in [5.41, 5.74) is 6.33. The van der Waals surface area contributed by atoms with Gasteiger partial charge in [-0.2, -0.15) is 0 Å². The molecule has 3 N–H and O–H groups in total. The van der Waals surface area contributed by atoms with Crippen LogP contribution < -0.4 is 5.73 Å². The van der Waals surface area contributed by atoms with E-state index in [9.17, 15) is 14.4 Å². The first-order chi connectivity index (χ1) is 15.1. The molecule has 0 radical (unpaired) electrons. The third-order valence-corrected chi connectivity index (χ3v) is 10.4. The quantitative estimate of drug-likeness (QED) is 0.587. The fraction of sp³-hybridized carbons (Fsp3) is 0.885. The van der Waals surface area contributed by atoms with Gasteiger partial charge in [0.05, 0.1) is 0 Å². The molecule has 0 aromatic heterocycles. The van der Waals surface area contributed by atoms with Crippen LogP contribution in [0.25, 0.3) is 0 Å². The molecule has 0 aromatic rings. The molecule has 9 atom stereocenters. The van der Waals surface area contributed by atoms with Crippen molar-refractivity contribution in [2.24, 2.45) is 46.2 Å². The molecule has 4 aliphatic rings. The standard InChI is InChI=1S/C26H41NO5/c1-15(28)19-6-7-20-18-5-4-16-14-17(32-24(31)22(27)8-9-23(29)30)10-12-25(16,2)21(18)11-13-26(19,20)3/h16-22H,4-14,27H2,1-3H3,(H,29,30)/t16?,17-,18+,19-,20+,21+,22+,25+,26-/m1/s1. The third-order valence-electron chi connectivity index (χ3n) is 10.4. The Kier molecular flexibility index (Phi) is 6.47. The molecular formula is C26H41NO5. The molecule has 0 saturated heterocycles. The highest BCUT2D eigenvalue weighted by molar-refractivity contribution is 5.79. The van der Waals surface area contributed by atoms with Crippen molar-refractivity contribution in [2.45, 2.75) is 104 Å². The van der Waals surface area contributed by atoms with Gasteiger partial charge in [-0.15, -0.1) is 0 Å². The van der Waals surface area contributed by atoms with E-state index in [0.29, 0.717) is 23.5 Å². The average molecular weight is 448 g/mol. The van der Waals surface area contributed by atoms with Crippen LogP contribution >= 0.6 is 0 Å². The molecule has 1 unspecified atom stereocenters.